The second-order valence-corrected chi connectivity index (χ2v) is 9.15. The summed E-state index contributed by atoms with van der Waals surface area (Å²) in [7, 11) is 0. The van der Waals surface area contributed by atoms with Crippen molar-refractivity contribution in [3.63, 3.8) is 0 Å². The Morgan fingerprint density at radius 3 is 2.70 bits per heavy atom. The monoisotopic (exact) mass is 438 g/mol. The number of hydrogen-bond donors (Lipinski definition) is 2. The fourth-order valence-electron chi connectivity index (χ4n) is 4.57. The highest BCUT2D eigenvalue weighted by molar-refractivity contribution is 5.79. The van der Waals surface area contributed by atoms with Gasteiger partial charge in [0.25, 0.3) is 0 Å². The van der Waals surface area contributed by atoms with Gasteiger partial charge in [-0.1, -0.05) is 6.07 Å². The molecule has 0 spiro atoms. The van der Waals surface area contributed by atoms with Crippen LogP contribution in [-0.2, 0) is 6.42 Å². The summed E-state index contributed by atoms with van der Waals surface area (Å²) >= 11 is 0. The van der Waals surface area contributed by atoms with Crippen LogP contribution < -0.4 is 10.2 Å². The van der Waals surface area contributed by atoms with Crippen LogP contribution in [0.5, 0.6) is 0 Å². The number of fused-ring (bicyclic) bond motifs is 2. The summed E-state index contributed by atoms with van der Waals surface area (Å²) in [6.45, 7) is 3.65. The molecule has 0 radical (unpaired) electrons. The molecule has 0 bridgehead atoms. The average molecular weight is 439 g/mol. The maximum atomic E-state index is 10.2. The summed E-state index contributed by atoms with van der Waals surface area (Å²) in [5.74, 6) is 0.719. The van der Waals surface area contributed by atoms with Crippen molar-refractivity contribution < 1.29 is 5.11 Å². The molecule has 2 aliphatic rings. The van der Waals surface area contributed by atoms with Gasteiger partial charge in [-0.3, -0.25) is 4.99 Å². The third-order valence-electron chi connectivity index (χ3n) is 6.63. The van der Waals surface area contributed by atoms with E-state index in [1.807, 2.05) is 29.9 Å². The van der Waals surface area contributed by atoms with Gasteiger partial charge in [-0.05, 0) is 61.7 Å². The number of aromatic nitrogens is 3. The van der Waals surface area contributed by atoms with E-state index in [0.717, 1.165) is 66.4 Å². The van der Waals surface area contributed by atoms with Gasteiger partial charge in [0.15, 0.2) is 11.5 Å². The Kier molecular flexibility index (Phi) is 4.66. The van der Waals surface area contributed by atoms with Crippen LogP contribution in [0.1, 0.15) is 25.3 Å². The highest BCUT2D eigenvalue weighted by Crippen LogP contribution is 2.31. The van der Waals surface area contributed by atoms with Gasteiger partial charge in [-0.25, -0.2) is 9.97 Å². The van der Waals surface area contributed by atoms with Gasteiger partial charge in [-0.2, -0.15) is 0 Å². The maximum absolute atomic E-state index is 10.2. The number of nitrogens with zero attached hydrogens (tertiary/aromatic N) is 5. The van der Waals surface area contributed by atoms with E-state index < -0.39 is 5.60 Å². The van der Waals surface area contributed by atoms with Crippen LogP contribution in [0.15, 0.2) is 66.0 Å². The number of rotatable bonds is 4. The van der Waals surface area contributed by atoms with Crippen molar-refractivity contribution in [1.82, 2.24) is 14.4 Å². The molecule has 4 heterocycles. The Morgan fingerprint density at radius 2 is 1.88 bits per heavy atom. The van der Waals surface area contributed by atoms with Crippen LogP contribution in [-0.4, -0.2) is 44.4 Å². The van der Waals surface area contributed by atoms with Crippen LogP contribution in [0.3, 0.4) is 0 Å². The van der Waals surface area contributed by atoms with Crippen molar-refractivity contribution in [3.05, 3.63) is 66.6 Å². The van der Waals surface area contributed by atoms with Gasteiger partial charge in [0, 0.05) is 61.3 Å². The summed E-state index contributed by atoms with van der Waals surface area (Å²) in [4.78, 5) is 16.1. The standard InChI is InChI=1S/C26H26N6O/c1-26(33)9-13-31(14-10-26)21-5-3-20(4-6-21)29-24-25-28-12-15-32(25)17-23(30-24)18-2-7-22-19(16-18)8-11-27-22/h2-7,11-12,15-17,33H,8-10,13-14H2,1H3,(H,29,30). The second-order valence-electron chi connectivity index (χ2n) is 9.15. The predicted octanol–water partition coefficient (Wildman–Crippen LogP) is 4.75. The third kappa shape index (κ3) is 3.85. The first-order chi connectivity index (χ1) is 16.0. The number of aliphatic hydroxyl groups is 1. The molecule has 7 nitrogen and oxygen atoms in total. The van der Waals surface area contributed by atoms with Crippen LogP contribution in [0.25, 0.3) is 16.9 Å². The molecule has 4 aromatic rings. The summed E-state index contributed by atoms with van der Waals surface area (Å²) < 4.78 is 2.00. The molecule has 2 N–H and O–H groups in total. The third-order valence-corrected chi connectivity index (χ3v) is 6.63. The molecule has 2 aromatic heterocycles. The van der Waals surface area contributed by atoms with Crippen LogP contribution in [0.4, 0.5) is 22.9 Å². The molecule has 6 rings (SSSR count). The van der Waals surface area contributed by atoms with Gasteiger partial charge in [0.1, 0.15) is 0 Å². The van der Waals surface area contributed by atoms with Crippen LogP contribution >= 0.6 is 0 Å². The lowest BCUT2D eigenvalue weighted by atomic mass is 9.93. The molecule has 0 atom stereocenters. The molecular formula is C26H26N6O. The van der Waals surface area contributed by atoms with Crippen molar-refractivity contribution in [3.8, 4) is 11.3 Å². The van der Waals surface area contributed by atoms with Gasteiger partial charge in [-0.15, -0.1) is 0 Å². The first-order valence-electron chi connectivity index (χ1n) is 11.4. The van der Waals surface area contributed by atoms with E-state index >= 15 is 0 Å². The van der Waals surface area contributed by atoms with Gasteiger partial charge >= 0.3 is 0 Å². The number of anilines is 3. The van der Waals surface area contributed by atoms with E-state index in [1.165, 1.54) is 11.3 Å². The normalized spacial score (nSPS) is 16.8. The van der Waals surface area contributed by atoms with Crippen LogP contribution in [0.2, 0.25) is 0 Å². The molecule has 2 aromatic carbocycles. The summed E-state index contributed by atoms with van der Waals surface area (Å²) in [5, 5.41) is 13.7. The van der Waals surface area contributed by atoms with E-state index in [2.05, 4.69) is 62.7 Å². The number of nitrogens with one attached hydrogen (secondary N) is 1. The minimum absolute atomic E-state index is 0.546. The van der Waals surface area contributed by atoms with Gasteiger partial charge in [0.05, 0.1) is 17.0 Å². The van der Waals surface area contributed by atoms with E-state index in [1.54, 1.807) is 6.20 Å². The van der Waals surface area contributed by atoms with E-state index in [4.69, 9.17) is 4.98 Å². The zero-order valence-electron chi connectivity index (χ0n) is 18.6. The number of hydrogen-bond acceptors (Lipinski definition) is 6. The molecule has 2 aliphatic heterocycles. The Bertz CT molecular complexity index is 1350. The van der Waals surface area contributed by atoms with E-state index in [9.17, 15) is 5.11 Å². The van der Waals surface area contributed by atoms with E-state index in [0.29, 0.717) is 0 Å². The summed E-state index contributed by atoms with van der Waals surface area (Å²) in [6, 6.07) is 14.7. The molecule has 7 heteroatoms. The maximum Gasteiger partial charge on any atom is 0.180 e. The van der Waals surface area contributed by atoms with E-state index in [-0.39, 0.29) is 0 Å². The Labute approximate surface area is 192 Å². The molecule has 0 aliphatic carbocycles. The minimum Gasteiger partial charge on any atom is -0.390 e. The lowest BCUT2D eigenvalue weighted by Crippen LogP contribution is -2.42. The molecule has 0 amide bonds. The van der Waals surface area contributed by atoms with Crippen molar-refractivity contribution in [1.29, 1.82) is 0 Å². The molecule has 0 saturated carbocycles. The lowest BCUT2D eigenvalue weighted by molar-refractivity contribution is 0.0351. The first kappa shape index (κ1) is 19.9. The fraction of sp³-hybridized carbons (Fsp3) is 0.269. The smallest absolute Gasteiger partial charge is 0.180 e. The molecule has 166 valence electrons. The number of aliphatic imine (C=N–C) groups is 1. The number of piperidine rings is 1. The minimum atomic E-state index is -0.546. The van der Waals surface area contributed by atoms with Crippen molar-refractivity contribution >= 4 is 34.7 Å². The zero-order valence-corrected chi connectivity index (χ0v) is 18.6. The second kappa shape index (κ2) is 7.71. The Morgan fingerprint density at radius 1 is 1.06 bits per heavy atom. The highest BCUT2D eigenvalue weighted by Gasteiger charge is 2.27. The number of imidazole rings is 1. The first-order valence-corrected chi connectivity index (χ1v) is 11.4. The van der Waals surface area contributed by atoms with Crippen LogP contribution in [0, 0.1) is 0 Å². The Hall–Kier alpha value is -3.71. The fourth-order valence-corrected chi connectivity index (χ4v) is 4.57. The van der Waals surface area contributed by atoms with Crippen molar-refractivity contribution in [2.45, 2.75) is 31.8 Å². The lowest BCUT2D eigenvalue weighted by Gasteiger charge is -2.37. The molecule has 1 fully saturated rings. The Balaban J connectivity index is 1.27. The quantitative estimate of drug-likeness (QED) is 0.481. The SMILES string of the molecule is CC1(O)CCN(c2ccc(Nc3nc(-c4ccc5c(c4)CC=N5)cn4ccnc34)cc2)CC1. The number of benzene rings is 2. The molecule has 33 heavy (non-hydrogen) atoms. The molecular weight excluding hydrogens is 412 g/mol. The molecule has 0 unspecified atom stereocenters. The zero-order chi connectivity index (χ0) is 22.4. The van der Waals surface area contributed by atoms with Gasteiger partial charge < -0.3 is 19.7 Å². The highest BCUT2D eigenvalue weighted by atomic mass is 16.3. The summed E-state index contributed by atoms with van der Waals surface area (Å²) in [6.07, 6.45) is 10.1. The molecule has 1 saturated heterocycles. The average Bonchev–Trinajstić information content (AvgIpc) is 3.48. The van der Waals surface area contributed by atoms with Crippen molar-refractivity contribution in [2.24, 2.45) is 4.99 Å². The predicted molar refractivity (Wildman–Crippen MR) is 132 cm³/mol. The summed E-state index contributed by atoms with van der Waals surface area (Å²) in [5.41, 5.74) is 6.58. The topological polar surface area (TPSA) is 78.0 Å². The largest absolute Gasteiger partial charge is 0.390 e. The van der Waals surface area contributed by atoms with Crippen molar-refractivity contribution in [2.75, 3.05) is 23.3 Å². The van der Waals surface area contributed by atoms with Gasteiger partial charge in [0.2, 0.25) is 0 Å².